The molecular formula is C22H39NO2. The van der Waals surface area contributed by atoms with Crippen LogP contribution in [0.15, 0.2) is 0 Å². The number of aliphatic hydroxyl groups is 2. The van der Waals surface area contributed by atoms with Gasteiger partial charge >= 0.3 is 0 Å². The zero-order valence-electron chi connectivity index (χ0n) is 16.4. The number of aliphatic hydroxyl groups excluding tert-OH is 1. The van der Waals surface area contributed by atoms with Crippen LogP contribution in [0.1, 0.15) is 78.1 Å². The molecule has 4 aliphatic carbocycles. The Kier molecular flexibility index (Phi) is 4.74. The van der Waals surface area contributed by atoms with Gasteiger partial charge in [0.25, 0.3) is 0 Å². The van der Waals surface area contributed by atoms with E-state index >= 15 is 0 Å². The highest BCUT2D eigenvalue weighted by Gasteiger charge is 2.64. The van der Waals surface area contributed by atoms with Crippen LogP contribution in [0, 0.1) is 34.5 Å². The third-order valence-corrected chi connectivity index (χ3v) is 9.61. The highest BCUT2D eigenvalue weighted by atomic mass is 16.3. The first-order valence-electron chi connectivity index (χ1n) is 11.0. The minimum Gasteiger partial charge on any atom is -0.395 e. The van der Waals surface area contributed by atoms with Crippen LogP contribution < -0.4 is 5.32 Å². The topological polar surface area (TPSA) is 52.5 Å². The number of rotatable bonds is 4. The number of hydrogen-bond donors (Lipinski definition) is 3. The van der Waals surface area contributed by atoms with E-state index in [2.05, 4.69) is 19.2 Å². The van der Waals surface area contributed by atoms with E-state index in [1.165, 1.54) is 57.8 Å². The van der Waals surface area contributed by atoms with Crippen LogP contribution in [0.5, 0.6) is 0 Å². The van der Waals surface area contributed by atoms with Gasteiger partial charge in [0.05, 0.1) is 12.2 Å². The summed E-state index contributed by atoms with van der Waals surface area (Å²) in [5.74, 6) is 3.41. The second-order valence-corrected chi connectivity index (χ2v) is 10.3. The molecule has 4 saturated carbocycles. The summed E-state index contributed by atoms with van der Waals surface area (Å²) in [4.78, 5) is 0. The van der Waals surface area contributed by atoms with Crippen molar-refractivity contribution in [2.45, 2.75) is 83.7 Å². The predicted octanol–water partition coefficient (Wildman–Crippen LogP) is 3.73. The summed E-state index contributed by atoms with van der Waals surface area (Å²) in [7, 11) is 0. The smallest absolute Gasteiger partial charge is 0.0827 e. The van der Waals surface area contributed by atoms with Crippen molar-refractivity contribution in [3.63, 3.8) is 0 Å². The van der Waals surface area contributed by atoms with Gasteiger partial charge in [-0.15, -0.1) is 0 Å². The fourth-order valence-electron chi connectivity index (χ4n) is 8.07. The highest BCUT2D eigenvalue weighted by molar-refractivity contribution is 5.14. The zero-order chi connectivity index (χ0) is 17.7. The Balaban J connectivity index is 1.55. The molecule has 0 aromatic carbocycles. The summed E-state index contributed by atoms with van der Waals surface area (Å²) in [5, 5.41) is 23.9. The molecule has 3 N–H and O–H groups in total. The molecule has 0 unspecified atom stereocenters. The molecule has 7 atom stereocenters. The average molecular weight is 350 g/mol. The average Bonchev–Trinajstić information content (AvgIpc) is 2.86. The van der Waals surface area contributed by atoms with Crippen molar-refractivity contribution in [3.8, 4) is 0 Å². The van der Waals surface area contributed by atoms with Crippen LogP contribution in [0.3, 0.4) is 0 Å². The van der Waals surface area contributed by atoms with Crippen LogP contribution in [-0.4, -0.2) is 35.5 Å². The Hall–Kier alpha value is -0.120. The maximum Gasteiger partial charge on any atom is 0.0827 e. The molecule has 0 bridgehead atoms. The Bertz CT molecular complexity index is 496. The van der Waals surface area contributed by atoms with Gasteiger partial charge in [0.1, 0.15) is 0 Å². The number of fused-ring (bicyclic) bond motifs is 5. The molecule has 3 nitrogen and oxygen atoms in total. The lowest BCUT2D eigenvalue weighted by Gasteiger charge is -2.61. The van der Waals surface area contributed by atoms with E-state index in [9.17, 15) is 5.11 Å². The molecule has 0 aromatic heterocycles. The van der Waals surface area contributed by atoms with E-state index < -0.39 is 5.60 Å². The van der Waals surface area contributed by atoms with Gasteiger partial charge in [0.2, 0.25) is 0 Å². The first-order chi connectivity index (χ1) is 11.9. The first-order valence-corrected chi connectivity index (χ1v) is 11.0. The Morgan fingerprint density at radius 2 is 1.72 bits per heavy atom. The van der Waals surface area contributed by atoms with E-state index in [0.717, 1.165) is 24.2 Å². The summed E-state index contributed by atoms with van der Waals surface area (Å²) < 4.78 is 0. The minimum atomic E-state index is -0.581. The quantitative estimate of drug-likeness (QED) is 0.678. The van der Waals surface area contributed by atoms with Crippen LogP contribution in [0.25, 0.3) is 0 Å². The van der Waals surface area contributed by atoms with Crippen LogP contribution in [-0.2, 0) is 0 Å². The first kappa shape index (κ1) is 18.3. The van der Waals surface area contributed by atoms with Crippen LogP contribution in [0.2, 0.25) is 0 Å². The van der Waals surface area contributed by atoms with Gasteiger partial charge in [-0.05, 0) is 80.5 Å². The van der Waals surface area contributed by atoms with E-state index in [4.69, 9.17) is 5.11 Å². The summed E-state index contributed by atoms with van der Waals surface area (Å²) in [6.45, 7) is 6.41. The lowest BCUT2D eigenvalue weighted by molar-refractivity contribution is -0.150. The van der Waals surface area contributed by atoms with Gasteiger partial charge < -0.3 is 15.5 Å². The summed E-state index contributed by atoms with van der Waals surface area (Å²) >= 11 is 0. The molecule has 25 heavy (non-hydrogen) atoms. The number of hydrogen-bond acceptors (Lipinski definition) is 3. The molecule has 3 heteroatoms. The fraction of sp³-hybridized carbons (Fsp3) is 1.00. The summed E-state index contributed by atoms with van der Waals surface area (Å²) in [5.41, 5.74) is 0.0644. The van der Waals surface area contributed by atoms with Gasteiger partial charge in [0, 0.05) is 18.5 Å². The van der Waals surface area contributed by atoms with Crippen molar-refractivity contribution in [1.82, 2.24) is 5.32 Å². The maximum atomic E-state index is 11.5. The predicted molar refractivity (Wildman–Crippen MR) is 101 cm³/mol. The lowest BCUT2D eigenvalue weighted by Crippen LogP contribution is -2.58. The normalized spacial score (nSPS) is 52.3. The monoisotopic (exact) mass is 349 g/mol. The standard InChI is InChI=1S/C22H39NO2/c1-20-10-4-3-5-16(20)6-7-17-18(20)8-11-21(2)19(17)9-12-22(21,25)15-23-13-14-24/h16-19,23-25H,3-15H2,1-2H3/t16-,17-,18+,19+,20+,21+,22-/m1/s1. The van der Waals surface area contributed by atoms with Crippen LogP contribution in [0.4, 0.5) is 0 Å². The van der Waals surface area contributed by atoms with Gasteiger partial charge in [-0.2, -0.15) is 0 Å². The van der Waals surface area contributed by atoms with E-state index in [-0.39, 0.29) is 12.0 Å². The lowest BCUT2D eigenvalue weighted by atomic mass is 9.44. The Morgan fingerprint density at radius 3 is 2.52 bits per heavy atom. The highest BCUT2D eigenvalue weighted by Crippen LogP contribution is 2.68. The van der Waals surface area contributed by atoms with Crippen molar-refractivity contribution >= 4 is 0 Å². The van der Waals surface area contributed by atoms with Crippen molar-refractivity contribution in [2.75, 3.05) is 19.7 Å². The summed E-state index contributed by atoms with van der Waals surface area (Å²) in [6.07, 6.45) is 13.3. The second kappa shape index (κ2) is 6.49. The minimum absolute atomic E-state index is 0.0640. The molecular weight excluding hydrogens is 310 g/mol. The molecule has 4 aliphatic rings. The van der Waals surface area contributed by atoms with E-state index in [0.29, 0.717) is 24.4 Å². The van der Waals surface area contributed by atoms with Gasteiger partial charge in [-0.3, -0.25) is 0 Å². The molecule has 0 saturated heterocycles. The van der Waals surface area contributed by atoms with Gasteiger partial charge in [-0.25, -0.2) is 0 Å². The van der Waals surface area contributed by atoms with E-state index in [1.807, 2.05) is 0 Å². The molecule has 0 aromatic rings. The van der Waals surface area contributed by atoms with Crippen LogP contribution >= 0.6 is 0 Å². The van der Waals surface area contributed by atoms with Crippen molar-refractivity contribution in [1.29, 1.82) is 0 Å². The third-order valence-electron chi connectivity index (χ3n) is 9.61. The number of nitrogens with one attached hydrogen (secondary N) is 1. The molecule has 0 spiro atoms. The molecule has 0 radical (unpaired) electrons. The molecule has 144 valence electrons. The molecule has 0 aliphatic heterocycles. The Morgan fingerprint density at radius 1 is 0.920 bits per heavy atom. The van der Waals surface area contributed by atoms with Gasteiger partial charge in [-0.1, -0.05) is 26.7 Å². The second-order valence-electron chi connectivity index (χ2n) is 10.3. The van der Waals surface area contributed by atoms with E-state index in [1.54, 1.807) is 0 Å². The molecule has 4 rings (SSSR count). The molecule has 0 heterocycles. The zero-order valence-corrected chi connectivity index (χ0v) is 16.4. The van der Waals surface area contributed by atoms with Crippen molar-refractivity contribution < 1.29 is 10.2 Å². The summed E-state index contributed by atoms with van der Waals surface area (Å²) in [6, 6.07) is 0. The Labute approximate surface area is 154 Å². The fourth-order valence-corrected chi connectivity index (χ4v) is 8.07. The van der Waals surface area contributed by atoms with Gasteiger partial charge in [0.15, 0.2) is 0 Å². The molecule has 0 amide bonds. The molecule has 4 fully saturated rings. The maximum absolute atomic E-state index is 11.5. The largest absolute Gasteiger partial charge is 0.395 e. The van der Waals surface area contributed by atoms with Crippen molar-refractivity contribution in [3.05, 3.63) is 0 Å². The third kappa shape index (κ3) is 2.63. The van der Waals surface area contributed by atoms with Crippen molar-refractivity contribution in [2.24, 2.45) is 34.5 Å². The SMILES string of the molecule is C[C@]12CCCC[C@@H]1CC[C@@H]1[C@@H]2CC[C@@]2(C)[C@H]1CC[C@@]2(O)CNCCO.